The van der Waals surface area contributed by atoms with E-state index in [0.717, 1.165) is 50.6 Å². The van der Waals surface area contributed by atoms with Crippen LogP contribution in [-0.2, 0) is 16.0 Å². The maximum atomic E-state index is 11.9. The van der Waals surface area contributed by atoms with Gasteiger partial charge in [0.1, 0.15) is 0 Å². The second-order valence-electron chi connectivity index (χ2n) is 6.61. The van der Waals surface area contributed by atoms with Crippen LogP contribution in [0.5, 0.6) is 0 Å². The Bertz CT molecular complexity index is 561. The third kappa shape index (κ3) is 4.72. The van der Waals surface area contributed by atoms with E-state index in [1.165, 1.54) is 17.3 Å². The summed E-state index contributed by atoms with van der Waals surface area (Å²) in [4.78, 5) is 16.9. The van der Waals surface area contributed by atoms with E-state index in [-0.39, 0.29) is 17.4 Å². The predicted octanol–water partition coefficient (Wildman–Crippen LogP) is 2.84. The third-order valence-electron chi connectivity index (χ3n) is 4.43. The van der Waals surface area contributed by atoms with Gasteiger partial charge in [-0.3, -0.25) is 9.69 Å². The normalized spacial score (nSPS) is 24.9. The maximum absolute atomic E-state index is 11.9. The van der Waals surface area contributed by atoms with E-state index in [1.54, 1.807) is 19.0 Å². The smallest absolute Gasteiger partial charge is 0.285 e. The molecule has 2 saturated heterocycles. The number of ether oxygens (including phenoxy) is 2. The fourth-order valence-electron chi connectivity index (χ4n) is 3.15. The van der Waals surface area contributed by atoms with Gasteiger partial charge in [-0.25, -0.2) is 0 Å². The SMILES string of the molecule is CN(C)C(=O)Sc1cccc(CN2CCO[C@H]([C@@H]3CCCO3)C2)c1. The van der Waals surface area contributed by atoms with Crippen molar-refractivity contribution in [2.45, 2.75) is 36.5 Å². The molecule has 0 saturated carbocycles. The Balaban J connectivity index is 1.57. The number of nitrogens with zero attached hydrogens (tertiary/aromatic N) is 2. The molecule has 0 radical (unpaired) electrons. The Hall–Kier alpha value is -1.08. The maximum Gasteiger partial charge on any atom is 0.285 e. The van der Waals surface area contributed by atoms with Crippen molar-refractivity contribution in [3.8, 4) is 0 Å². The number of amides is 1. The van der Waals surface area contributed by atoms with Gasteiger partial charge in [0.05, 0.1) is 18.8 Å². The van der Waals surface area contributed by atoms with Gasteiger partial charge in [-0.2, -0.15) is 0 Å². The summed E-state index contributed by atoms with van der Waals surface area (Å²) in [6.07, 6.45) is 2.70. The first-order chi connectivity index (χ1) is 11.6. The molecule has 0 aromatic heterocycles. The topological polar surface area (TPSA) is 42.0 Å². The van der Waals surface area contributed by atoms with Gasteiger partial charge in [0.25, 0.3) is 5.24 Å². The van der Waals surface area contributed by atoms with Crippen LogP contribution in [0.4, 0.5) is 4.79 Å². The molecule has 132 valence electrons. The standard InChI is InChI=1S/C18H26N2O3S/c1-19(2)18(21)24-15-6-3-5-14(11-15)12-20-8-10-23-17(13-20)16-7-4-9-22-16/h3,5-6,11,16-17H,4,7-10,12-13H2,1-2H3/t16-,17-/m0/s1. The van der Waals surface area contributed by atoms with Crippen molar-refractivity contribution < 1.29 is 14.3 Å². The number of rotatable bonds is 4. The van der Waals surface area contributed by atoms with Crippen LogP contribution in [-0.4, -0.2) is 67.6 Å². The number of carbonyl (C=O) groups is 1. The van der Waals surface area contributed by atoms with Crippen molar-refractivity contribution >= 4 is 17.0 Å². The minimum Gasteiger partial charge on any atom is -0.375 e. The lowest BCUT2D eigenvalue weighted by molar-refractivity contribution is -0.0960. The Morgan fingerprint density at radius 2 is 2.12 bits per heavy atom. The molecule has 1 amide bonds. The highest BCUT2D eigenvalue weighted by atomic mass is 32.2. The molecule has 0 bridgehead atoms. The number of hydrogen-bond donors (Lipinski definition) is 0. The first-order valence-corrected chi connectivity index (χ1v) is 9.37. The van der Waals surface area contributed by atoms with Gasteiger partial charge in [0.15, 0.2) is 0 Å². The van der Waals surface area contributed by atoms with E-state index in [2.05, 4.69) is 17.0 Å². The molecule has 2 aliphatic rings. The minimum absolute atomic E-state index is 0.0527. The van der Waals surface area contributed by atoms with Gasteiger partial charge in [-0.1, -0.05) is 12.1 Å². The molecule has 2 heterocycles. The summed E-state index contributed by atoms with van der Waals surface area (Å²) in [6, 6.07) is 8.26. The lowest BCUT2D eigenvalue weighted by Crippen LogP contribution is -2.47. The molecule has 1 aromatic rings. The number of morpholine rings is 1. The second kappa shape index (κ2) is 8.34. The Morgan fingerprint density at radius 3 is 2.88 bits per heavy atom. The summed E-state index contributed by atoms with van der Waals surface area (Å²) < 4.78 is 11.7. The summed E-state index contributed by atoms with van der Waals surface area (Å²) in [6.45, 7) is 4.37. The molecule has 2 atom stereocenters. The summed E-state index contributed by atoms with van der Waals surface area (Å²) in [5.74, 6) is 0. The summed E-state index contributed by atoms with van der Waals surface area (Å²) in [7, 11) is 3.55. The summed E-state index contributed by atoms with van der Waals surface area (Å²) in [5, 5.41) is 0.0527. The molecular weight excluding hydrogens is 324 g/mol. The molecule has 1 aromatic carbocycles. The van der Waals surface area contributed by atoms with Crippen LogP contribution in [0.15, 0.2) is 29.2 Å². The molecule has 2 fully saturated rings. The zero-order valence-corrected chi connectivity index (χ0v) is 15.3. The highest BCUT2D eigenvalue weighted by molar-refractivity contribution is 8.13. The Kier molecular flexibility index (Phi) is 6.16. The number of hydrogen-bond acceptors (Lipinski definition) is 5. The van der Waals surface area contributed by atoms with Crippen LogP contribution in [0.1, 0.15) is 18.4 Å². The summed E-state index contributed by atoms with van der Waals surface area (Å²) >= 11 is 1.27. The van der Waals surface area contributed by atoms with E-state index in [9.17, 15) is 4.79 Å². The van der Waals surface area contributed by atoms with Crippen LogP contribution >= 0.6 is 11.8 Å². The van der Waals surface area contributed by atoms with Crippen molar-refractivity contribution in [3.05, 3.63) is 29.8 Å². The fraction of sp³-hybridized carbons (Fsp3) is 0.611. The van der Waals surface area contributed by atoms with Crippen LogP contribution in [0.25, 0.3) is 0 Å². The largest absolute Gasteiger partial charge is 0.375 e. The highest BCUT2D eigenvalue weighted by Gasteiger charge is 2.31. The van der Waals surface area contributed by atoms with Crippen molar-refractivity contribution in [1.29, 1.82) is 0 Å². The molecule has 3 rings (SSSR count). The number of carbonyl (C=O) groups excluding carboxylic acids is 1. The van der Waals surface area contributed by atoms with Gasteiger partial charge in [-0.15, -0.1) is 0 Å². The predicted molar refractivity (Wildman–Crippen MR) is 95.4 cm³/mol. The van der Waals surface area contributed by atoms with Crippen molar-refractivity contribution in [2.75, 3.05) is 40.4 Å². The van der Waals surface area contributed by atoms with Gasteiger partial charge in [-0.05, 0) is 42.3 Å². The van der Waals surface area contributed by atoms with Gasteiger partial charge < -0.3 is 14.4 Å². The van der Waals surface area contributed by atoms with Gasteiger partial charge in [0, 0.05) is 45.2 Å². The van der Waals surface area contributed by atoms with Crippen LogP contribution in [0.2, 0.25) is 0 Å². The molecule has 0 unspecified atom stereocenters. The average Bonchev–Trinajstić information content (AvgIpc) is 3.10. The first-order valence-electron chi connectivity index (χ1n) is 8.55. The zero-order valence-electron chi connectivity index (χ0n) is 14.4. The highest BCUT2D eigenvalue weighted by Crippen LogP contribution is 2.24. The molecule has 0 aliphatic carbocycles. The van der Waals surface area contributed by atoms with Gasteiger partial charge >= 0.3 is 0 Å². The lowest BCUT2D eigenvalue weighted by Gasteiger charge is -2.35. The van der Waals surface area contributed by atoms with Crippen LogP contribution in [0.3, 0.4) is 0 Å². The van der Waals surface area contributed by atoms with Crippen molar-refractivity contribution in [1.82, 2.24) is 9.80 Å². The Morgan fingerprint density at radius 1 is 1.29 bits per heavy atom. The van der Waals surface area contributed by atoms with E-state index in [1.807, 2.05) is 12.1 Å². The minimum atomic E-state index is 0.0527. The van der Waals surface area contributed by atoms with Crippen molar-refractivity contribution in [3.63, 3.8) is 0 Å². The van der Waals surface area contributed by atoms with Crippen molar-refractivity contribution in [2.24, 2.45) is 0 Å². The first kappa shape index (κ1) is 17.7. The average molecular weight is 350 g/mol. The third-order valence-corrected chi connectivity index (χ3v) is 5.46. The van der Waals surface area contributed by atoms with E-state index in [4.69, 9.17) is 9.47 Å². The van der Waals surface area contributed by atoms with Crippen LogP contribution in [0, 0.1) is 0 Å². The molecule has 0 N–H and O–H groups in total. The van der Waals surface area contributed by atoms with Crippen LogP contribution < -0.4 is 0 Å². The van der Waals surface area contributed by atoms with E-state index < -0.39 is 0 Å². The Labute approximate surface area is 148 Å². The molecule has 2 aliphatic heterocycles. The molecule has 5 nitrogen and oxygen atoms in total. The van der Waals surface area contributed by atoms with E-state index in [0.29, 0.717) is 0 Å². The molecule has 24 heavy (non-hydrogen) atoms. The second-order valence-corrected chi connectivity index (χ2v) is 7.63. The summed E-state index contributed by atoms with van der Waals surface area (Å²) in [5.41, 5.74) is 1.24. The lowest BCUT2D eigenvalue weighted by atomic mass is 10.1. The molecule has 0 spiro atoms. The monoisotopic (exact) mass is 350 g/mol. The molecule has 6 heteroatoms. The van der Waals surface area contributed by atoms with E-state index >= 15 is 0 Å². The number of thioether (sulfide) groups is 1. The van der Waals surface area contributed by atoms with Gasteiger partial charge in [0.2, 0.25) is 0 Å². The molecular formula is C18H26N2O3S. The number of benzene rings is 1. The fourth-order valence-corrected chi connectivity index (χ4v) is 3.89. The quantitative estimate of drug-likeness (QED) is 0.781. The zero-order chi connectivity index (χ0) is 16.9.